The molecule has 0 unspecified atom stereocenters. The smallest absolute Gasteiger partial charge is 0.335 e. The lowest BCUT2D eigenvalue weighted by Gasteiger charge is -2.71. The molecule has 19 N–H and O–H groups in total. The topological polar surface area (TPSA) is 591 Å². The molecule has 0 aromatic rings. The van der Waals surface area contributed by atoms with Crippen LogP contribution in [0.3, 0.4) is 0 Å². The molecule has 7 heterocycles. The van der Waals surface area contributed by atoms with Crippen LogP contribution < -0.4 is 0 Å². The number of hydrogen-bond donors (Lipinski definition) is 19. The van der Waals surface area contributed by atoms with Crippen molar-refractivity contribution in [3.8, 4) is 0 Å². The number of hydrogen-bond acceptors (Lipinski definition) is 37. The Kier molecular flexibility index (Phi) is 25.6. The molecule has 7 saturated heterocycles. The van der Waals surface area contributed by atoms with E-state index in [2.05, 4.69) is 26.8 Å². The first-order valence-electron chi connectivity index (χ1n) is 38.3. The highest BCUT2D eigenvalue weighted by Crippen LogP contribution is 2.76. The van der Waals surface area contributed by atoms with Gasteiger partial charge in [0.25, 0.3) is 0 Å². The third-order valence-electron chi connectivity index (χ3n) is 27.5. The third kappa shape index (κ3) is 15.1. The van der Waals surface area contributed by atoms with Gasteiger partial charge in [-0.1, -0.05) is 53.2 Å². The van der Waals surface area contributed by atoms with E-state index in [0.717, 1.165) is 18.8 Å². The Balaban J connectivity index is 0.852. The van der Waals surface area contributed by atoms with Gasteiger partial charge < -0.3 is 173 Å². The van der Waals surface area contributed by atoms with Crippen LogP contribution in [0.4, 0.5) is 0 Å². The summed E-state index contributed by atoms with van der Waals surface area (Å²) < 4.78 is 91.7. The molecule has 7 aliphatic heterocycles. The molecule has 0 amide bonds. The van der Waals surface area contributed by atoms with E-state index in [1.54, 1.807) is 6.92 Å². The summed E-state index contributed by atoms with van der Waals surface area (Å²) in [6, 6.07) is 0. The van der Waals surface area contributed by atoms with Gasteiger partial charge in [0.2, 0.25) is 6.29 Å². The Morgan fingerprint density at radius 3 is 1.58 bits per heavy atom. The number of carboxylic acids is 1. The van der Waals surface area contributed by atoms with E-state index < -0.39 is 303 Å². The monoisotopic (exact) mass is 1600 g/mol. The number of aliphatic hydroxyl groups is 18. The number of carboxylic acid groups (broad SMARTS) is 1. The van der Waals surface area contributed by atoms with Crippen LogP contribution in [0.5, 0.6) is 0 Å². The molecule has 0 spiro atoms. The van der Waals surface area contributed by atoms with Crippen molar-refractivity contribution in [3.63, 3.8) is 0 Å². The molecule has 12 rings (SSSR count). The quantitative estimate of drug-likeness (QED) is 0.0248. The lowest BCUT2D eigenvalue weighted by molar-refractivity contribution is -0.394. The molecular weight excluding hydrogens is 1480 g/mol. The van der Waals surface area contributed by atoms with E-state index in [4.69, 9.17) is 71.1 Å². The summed E-state index contributed by atoms with van der Waals surface area (Å²) in [7, 11) is 0. The lowest BCUT2D eigenvalue weighted by atomic mass is 9.33. The van der Waals surface area contributed by atoms with Gasteiger partial charge in [-0.3, -0.25) is 9.59 Å². The number of esters is 2. The average molecular weight is 1600 g/mol. The van der Waals surface area contributed by atoms with E-state index >= 15 is 4.79 Å². The Bertz CT molecular complexity index is 3300. The summed E-state index contributed by atoms with van der Waals surface area (Å²) >= 11 is 0. The van der Waals surface area contributed by atoms with Crippen molar-refractivity contribution in [1.82, 2.24) is 0 Å². The highest BCUT2D eigenvalue weighted by molar-refractivity contribution is 5.80. The second-order valence-corrected chi connectivity index (χ2v) is 34.6. The summed E-state index contributed by atoms with van der Waals surface area (Å²) in [6.45, 7) is 14.9. The van der Waals surface area contributed by atoms with Gasteiger partial charge in [-0.2, -0.15) is 0 Å². The van der Waals surface area contributed by atoms with E-state index in [1.807, 2.05) is 13.8 Å². The molecule has 0 aromatic heterocycles. The normalized spacial score (nSPS) is 54.0. The molecule has 634 valence electrons. The average Bonchev–Trinajstić information content (AvgIpc) is 0.669. The van der Waals surface area contributed by atoms with Crippen LogP contribution in [-0.2, 0) is 90.2 Å². The Morgan fingerprint density at radius 1 is 0.486 bits per heavy atom. The molecule has 12 aliphatic rings. The summed E-state index contributed by atoms with van der Waals surface area (Å²) in [4.78, 5) is 56.8. The predicted octanol–water partition coefficient (Wildman–Crippen LogP) is -6.03. The van der Waals surface area contributed by atoms with Crippen molar-refractivity contribution in [2.75, 3.05) is 19.8 Å². The maximum absolute atomic E-state index is 16.3. The van der Waals surface area contributed by atoms with Gasteiger partial charge >= 0.3 is 17.9 Å². The largest absolute Gasteiger partial charge is 0.479 e. The van der Waals surface area contributed by atoms with E-state index in [9.17, 15) is 111 Å². The second kappa shape index (κ2) is 32.7. The number of aliphatic hydroxyl groups excluding tert-OH is 18. The molecule has 0 aromatic carbocycles. The number of allylic oxidation sites excluding steroid dienone is 2. The fraction of sp³-hybridized carbons (Fsp3) is 0.918. The summed E-state index contributed by atoms with van der Waals surface area (Å²) in [5, 5.41) is 210. The van der Waals surface area contributed by atoms with Crippen LogP contribution in [0.2, 0.25) is 0 Å². The van der Waals surface area contributed by atoms with Crippen LogP contribution in [-0.4, -0.2) is 362 Å². The van der Waals surface area contributed by atoms with E-state index in [0.29, 0.717) is 38.5 Å². The molecule has 4 saturated carbocycles. The number of ether oxygens (including phenoxy) is 15. The number of rotatable bonds is 19. The minimum absolute atomic E-state index is 0.0336. The van der Waals surface area contributed by atoms with E-state index in [-0.39, 0.29) is 25.2 Å². The van der Waals surface area contributed by atoms with Crippen LogP contribution in [0, 0.1) is 50.2 Å². The molecular formula is C73H114O38. The molecule has 38 nitrogen and oxygen atoms in total. The summed E-state index contributed by atoms with van der Waals surface area (Å²) in [5.41, 5.74) is -5.33. The second-order valence-electron chi connectivity index (χ2n) is 34.6. The summed E-state index contributed by atoms with van der Waals surface area (Å²) in [6.07, 6.45) is -60.5. The number of carbonyl (C=O) groups is 4. The highest BCUT2D eigenvalue weighted by Gasteiger charge is 2.73. The SMILES string of the molecule is CC(=O)O[C@@H]1[C@H](O[C@@H]2O[C@H](CO)[C@@H](O)[C@H](O)[C@H]2O)[C@@H](O[C@@H]2O[C@@H](C)[C@H](O[C@@H]3OC[C@@H](O)[C@H](O)[C@H]3O)[C@@H](O)[C@H]2O)[C@H](OC(=O)[C@]23CCC(C)(C)C[C@H]2C2=CC[C@@H]4[C@@]5(C)CC[C@H](O[C@@H]6O[C@H](C(=O)O)[C@@H](O)[C@H](O[C@@H]7O[C@@H](C)[C@H](O)[C@@H](O)[C@H]7O)[C@H]6O[C@@H]6O[C@H](CO)[C@H](O)[C@H](O)[C@H]6O)[C@@](C)(C=O)[C@@H]5CC[C@@]4(C)[C@]2(C)C[C@H]3O)O[C@@H]1C. The molecule has 44 atom stereocenters. The lowest BCUT2D eigenvalue weighted by Crippen LogP contribution is -2.70. The van der Waals surface area contributed by atoms with Crippen molar-refractivity contribution in [3.05, 3.63) is 11.6 Å². The zero-order valence-corrected chi connectivity index (χ0v) is 63.4. The molecule has 0 bridgehead atoms. The van der Waals surface area contributed by atoms with Gasteiger partial charge in [0.05, 0.1) is 55.8 Å². The summed E-state index contributed by atoms with van der Waals surface area (Å²) in [5.74, 6) is -5.28. The Labute approximate surface area is 639 Å². The van der Waals surface area contributed by atoms with Crippen molar-refractivity contribution < 1.29 is 187 Å². The standard InChI is InChI=1S/C73H114O38/c1-25-38(80)42(84)47(89)61(98-25)106-54-51(93)55(59(94)95)107-66(57(54)109-64-49(91)44(86)41(83)33(22-75)103-64)104-37-14-15-69(7)34(70(37,8)24-76)13-16-71(9)35(69)12-11-29-30-19-68(5,6)17-18-73(30,36(79)20-72(29,71)10)67(96)111-65-58(110-62-50(92)45(87)52(26(2)99-62)105-60-46(88)39(81)31(78)23-97-60)56(53(27(3)100-65)101-28(4)77)108-63-48(90)43(85)40(82)32(21-74)102-63/h11,24-27,30-58,60-66,74-75,78-93H,12-23H2,1-10H3,(H,94,95)/t25-,26-,27+,30-,31+,32+,33+,34+,35+,36+,37-,38-,39-,40+,41-,42+,43-,44-,45-,46+,47+,48+,49+,50+,51-,52-,53-,54-,55-,56-,57+,58+,60-,61-,62-,63-,64-,65-,66+,69-,70-,71+,72+,73+/m0/s1. The van der Waals surface area contributed by atoms with Crippen molar-refractivity contribution in [1.29, 1.82) is 0 Å². The Hall–Kier alpha value is -3.42. The van der Waals surface area contributed by atoms with Gasteiger partial charge in [-0.15, -0.1) is 0 Å². The van der Waals surface area contributed by atoms with E-state index in [1.165, 1.54) is 20.8 Å². The first kappa shape index (κ1) is 86.9. The fourth-order valence-corrected chi connectivity index (χ4v) is 20.8. The van der Waals surface area contributed by atoms with Crippen LogP contribution in [0.1, 0.15) is 127 Å². The molecule has 111 heavy (non-hydrogen) atoms. The zero-order chi connectivity index (χ0) is 81.3. The molecule has 38 heteroatoms. The minimum Gasteiger partial charge on any atom is -0.479 e. The molecule has 0 radical (unpaired) electrons. The van der Waals surface area contributed by atoms with Gasteiger partial charge in [-0.25, -0.2) is 4.79 Å². The number of aliphatic carboxylic acids is 1. The maximum atomic E-state index is 16.3. The zero-order valence-electron chi connectivity index (χ0n) is 63.4. The van der Waals surface area contributed by atoms with Crippen LogP contribution in [0.25, 0.3) is 0 Å². The first-order valence-corrected chi connectivity index (χ1v) is 38.3. The van der Waals surface area contributed by atoms with Gasteiger partial charge in [0.1, 0.15) is 140 Å². The highest BCUT2D eigenvalue weighted by atomic mass is 16.8. The van der Waals surface area contributed by atoms with Crippen molar-refractivity contribution >= 4 is 24.2 Å². The number of aldehydes is 1. The van der Waals surface area contributed by atoms with Crippen LogP contribution >= 0.6 is 0 Å². The molecule has 5 aliphatic carbocycles. The third-order valence-corrected chi connectivity index (χ3v) is 27.5. The van der Waals surface area contributed by atoms with Gasteiger partial charge in [-0.05, 0) is 118 Å². The van der Waals surface area contributed by atoms with Crippen molar-refractivity contribution in [2.45, 2.75) is 348 Å². The van der Waals surface area contributed by atoms with Crippen LogP contribution in [0.15, 0.2) is 11.6 Å². The predicted molar refractivity (Wildman–Crippen MR) is 362 cm³/mol. The number of fused-ring (bicyclic) bond motifs is 7. The maximum Gasteiger partial charge on any atom is 0.335 e. The Morgan fingerprint density at radius 2 is 1.00 bits per heavy atom. The first-order chi connectivity index (χ1) is 52.0. The molecule has 11 fully saturated rings. The van der Waals surface area contributed by atoms with Crippen molar-refractivity contribution in [2.24, 2.45) is 50.2 Å². The van der Waals surface area contributed by atoms with Gasteiger partial charge in [0, 0.05) is 6.92 Å². The minimum atomic E-state index is -2.25. The van der Waals surface area contributed by atoms with Gasteiger partial charge in [0.15, 0.2) is 56.1 Å². The fourth-order valence-electron chi connectivity index (χ4n) is 20.8. The number of carbonyl (C=O) groups excluding carboxylic acids is 3.